The van der Waals surface area contributed by atoms with E-state index in [4.69, 9.17) is 11.6 Å². The number of halogens is 1. The zero-order chi connectivity index (χ0) is 12.5. The number of rotatable bonds is 2. The van der Waals surface area contributed by atoms with Gasteiger partial charge in [-0.3, -0.25) is 15.5 Å². The van der Waals surface area contributed by atoms with Crippen molar-refractivity contribution in [2.75, 3.05) is 13.2 Å². The fraction of sp³-hybridized carbons (Fsp3) is 0.417. The first-order valence-electron chi connectivity index (χ1n) is 5.99. The van der Waals surface area contributed by atoms with Gasteiger partial charge in [-0.25, -0.2) is 5.43 Å². The van der Waals surface area contributed by atoms with Crippen LogP contribution in [-0.2, 0) is 11.3 Å². The predicted octanol–water partition coefficient (Wildman–Crippen LogP) is 0.279. The molecule has 2 heterocycles. The number of hydrazine groups is 1. The highest BCUT2D eigenvalue weighted by Gasteiger charge is 2.39. The molecule has 3 rings (SSSR count). The Hall–Kier alpha value is -1.14. The van der Waals surface area contributed by atoms with Gasteiger partial charge in [-0.05, 0) is 17.7 Å². The van der Waals surface area contributed by atoms with Crippen LogP contribution in [0.1, 0.15) is 5.56 Å². The molecule has 2 aliphatic heterocycles. The normalized spacial score (nSPS) is 27.4. The Kier molecular flexibility index (Phi) is 3.22. The molecule has 96 valence electrons. The molecule has 1 amide bonds. The Bertz CT molecular complexity index is 450. The summed E-state index contributed by atoms with van der Waals surface area (Å²) in [5.41, 5.74) is 7.15. The second-order valence-electron chi connectivity index (χ2n) is 4.63. The van der Waals surface area contributed by atoms with E-state index in [0.717, 1.165) is 5.56 Å². The fourth-order valence-electron chi connectivity index (χ4n) is 2.39. The Morgan fingerprint density at radius 2 is 2.11 bits per heavy atom. The van der Waals surface area contributed by atoms with Crippen LogP contribution >= 0.6 is 11.6 Å². The van der Waals surface area contributed by atoms with E-state index in [2.05, 4.69) is 16.2 Å². The summed E-state index contributed by atoms with van der Waals surface area (Å²) < 4.78 is 0. The van der Waals surface area contributed by atoms with Crippen molar-refractivity contribution in [2.24, 2.45) is 5.92 Å². The van der Waals surface area contributed by atoms with E-state index in [1.165, 1.54) is 0 Å². The molecular weight excluding hydrogens is 252 g/mol. The third kappa shape index (κ3) is 2.22. The summed E-state index contributed by atoms with van der Waals surface area (Å²) in [6, 6.07) is 7.60. The van der Waals surface area contributed by atoms with Crippen LogP contribution in [0.2, 0.25) is 5.02 Å². The Labute approximate surface area is 110 Å². The lowest BCUT2D eigenvalue weighted by molar-refractivity contribution is -0.140. The maximum absolute atomic E-state index is 12.3. The van der Waals surface area contributed by atoms with Crippen molar-refractivity contribution < 1.29 is 4.79 Å². The summed E-state index contributed by atoms with van der Waals surface area (Å²) in [5, 5.41) is 4.01. The number of benzene rings is 1. The predicted molar refractivity (Wildman–Crippen MR) is 68.4 cm³/mol. The van der Waals surface area contributed by atoms with Crippen LogP contribution in [0.5, 0.6) is 0 Å². The van der Waals surface area contributed by atoms with Crippen LogP contribution in [0, 0.1) is 5.92 Å². The van der Waals surface area contributed by atoms with Gasteiger partial charge in [-0.15, -0.1) is 0 Å². The molecule has 2 unspecified atom stereocenters. The van der Waals surface area contributed by atoms with Crippen molar-refractivity contribution in [2.45, 2.75) is 12.7 Å². The van der Waals surface area contributed by atoms with Crippen molar-refractivity contribution in [3.8, 4) is 0 Å². The SMILES string of the molecule is O=C1C2CNNC2NCN1Cc1ccc(Cl)cc1. The molecule has 1 aromatic rings. The van der Waals surface area contributed by atoms with Gasteiger partial charge in [0.2, 0.25) is 5.91 Å². The van der Waals surface area contributed by atoms with Gasteiger partial charge in [0.05, 0.1) is 18.8 Å². The lowest BCUT2D eigenvalue weighted by atomic mass is 10.0. The standard InChI is InChI=1S/C12H15ClN4O/c13-9-3-1-8(2-4-9)6-17-7-14-11-10(12(17)18)5-15-16-11/h1-4,10-11,14-16H,5-7H2. The quantitative estimate of drug-likeness (QED) is 0.720. The average Bonchev–Trinajstić information content (AvgIpc) is 2.84. The Balaban J connectivity index is 1.69. The second-order valence-corrected chi connectivity index (χ2v) is 5.07. The topological polar surface area (TPSA) is 56.4 Å². The fourth-order valence-corrected chi connectivity index (χ4v) is 2.51. The van der Waals surface area contributed by atoms with E-state index >= 15 is 0 Å². The summed E-state index contributed by atoms with van der Waals surface area (Å²) in [6.07, 6.45) is 0.0546. The van der Waals surface area contributed by atoms with Crippen molar-refractivity contribution in [1.29, 1.82) is 0 Å². The highest BCUT2D eigenvalue weighted by atomic mass is 35.5. The van der Waals surface area contributed by atoms with Crippen LogP contribution in [0.15, 0.2) is 24.3 Å². The number of nitrogens with zero attached hydrogens (tertiary/aromatic N) is 1. The Morgan fingerprint density at radius 1 is 1.33 bits per heavy atom. The van der Waals surface area contributed by atoms with Crippen LogP contribution in [0.25, 0.3) is 0 Å². The molecule has 1 aromatic carbocycles. The van der Waals surface area contributed by atoms with Gasteiger partial charge in [0, 0.05) is 18.1 Å². The van der Waals surface area contributed by atoms with Gasteiger partial charge in [-0.2, -0.15) is 0 Å². The molecule has 6 heteroatoms. The van der Waals surface area contributed by atoms with Crippen LogP contribution in [0.4, 0.5) is 0 Å². The molecule has 0 aromatic heterocycles. The molecule has 0 bridgehead atoms. The molecule has 3 N–H and O–H groups in total. The Morgan fingerprint density at radius 3 is 2.89 bits per heavy atom. The van der Waals surface area contributed by atoms with Crippen molar-refractivity contribution >= 4 is 17.5 Å². The molecular formula is C12H15ClN4O. The van der Waals surface area contributed by atoms with Crippen LogP contribution in [0.3, 0.4) is 0 Å². The maximum Gasteiger partial charge on any atom is 0.231 e. The second kappa shape index (κ2) is 4.85. The van der Waals surface area contributed by atoms with E-state index in [1.54, 1.807) is 0 Å². The minimum absolute atomic E-state index is 0.0222. The van der Waals surface area contributed by atoms with Gasteiger partial charge in [0.25, 0.3) is 0 Å². The highest BCUT2D eigenvalue weighted by Crippen LogP contribution is 2.18. The maximum atomic E-state index is 12.3. The molecule has 2 saturated heterocycles. The lowest BCUT2D eigenvalue weighted by Crippen LogP contribution is -2.58. The minimum Gasteiger partial charge on any atom is -0.325 e. The molecule has 0 saturated carbocycles. The molecule has 5 nitrogen and oxygen atoms in total. The van der Waals surface area contributed by atoms with Gasteiger partial charge >= 0.3 is 0 Å². The summed E-state index contributed by atoms with van der Waals surface area (Å²) in [6.45, 7) is 1.86. The summed E-state index contributed by atoms with van der Waals surface area (Å²) in [5.74, 6) is 0.164. The molecule has 0 radical (unpaired) electrons. The third-order valence-electron chi connectivity index (χ3n) is 3.40. The van der Waals surface area contributed by atoms with E-state index in [9.17, 15) is 4.79 Å². The third-order valence-corrected chi connectivity index (χ3v) is 3.65. The number of hydrogen-bond acceptors (Lipinski definition) is 4. The van der Waals surface area contributed by atoms with Gasteiger partial charge in [0.1, 0.15) is 0 Å². The number of nitrogens with one attached hydrogen (secondary N) is 3. The van der Waals surface area contributed by atoms with Crippen molar-refractivity contribution in [1.82, 2.24) is 21.1 Å². The van der Waals surface area contributed by atoms with Crippen molar-refractivity contribution in [3.63, 3.8) is 0 Å². The number of hydrogen-bond donors (Lipinski definition) is 3. The smallest absolute Gasteiger partial charge is 0.231 e. The van der Waals surface area contributed by atoms with E-state index in [0.29, 0.717) is 24.8 Å². The van der Waals surface area contributed by atoms with Gasteiger partial charge < -0.3 is 4.90 Å². The summed E-state index contributed by atoms with van der Waals surface area (Å²) >= 11 is 5.85. The molecule has 18 heavy (non-hydrogen) atoms. The molecule has 2 aliphatic rings. The first-order chi connectivity index (χ1) is 8.74. The van der Waals surface area contributed by atoms with E-state index < -0.39 is 0 Å². The number of fused-ring (bicyclic) bond motifs is 1. The molecule has 0 spiro atoms. The average molecular weight is 267 g/mol. The first-order valence-corrected chi connectivity index (χ1v) is 6.37. The van der Waals surface area contributed by atoms with E-state index in [1.807, 2.05) is 29.2 Å². The molecule has 2 fully saturated rings. The van der Waals surface area contributed by atoms with Crippen LogP contribution in [-0.4, -0.2) is 30.2 Å². The van der Waals surface area contributed by atoms with Gasteiger partial charge in [-0.1, -0.05) is 23.7 Å². The number of carbonyl (C=O) groups is 1. The zero-order valence-electron chi connectivity index (χ0n) is 9.82. The molecule has 0 aliphatic carbocycles. The monoisotopic (exact) mass is 266 g/mol. The van der Waals surface area contributed by atoms with Crippen molar-refractivity contribution in [3.05, 3.63) is 34.9 Å². The largest absolute Gasteiger partial charge is 0.325 e. The van der Waals surface area contributed by atoms with Crippen LogP contribution < -0.4 is 16.2 Å². The van der Waals surface area contributed by atoms with E-state index in [-0.39, 0.29) is 18.0 Å². The number of carbonyl (C=O) groups excluding carboxylic acids is 1. The highest BCUT2D eigenvalue weighted by molar-refractivity contribution is 6.30. The summed E-state index contributed by atoms with van der Waals surface area (Å²) in [7, 11) is 0. The zero-order valence-corrected chi connectivity index (χ0v) is 10.6. The molecule has 2 atom stereocenters. The summed E-state index contributed by atoms with van der Waals surface area (Å²) in [4.78, 5) is 14.1. The lowest BCUT2D eigenvalue weighted by Gasteiger charge is -2.34. The minimum atomic E-state index is -0.0222. The number of amides is 1. The first kappa shape index (κ1) is 11.9. The van der Waals surface area contributed by atoms with Gasteiger partial charge in [0.15, 0.2) is 0 Å².